The number of nitrogens with zero attached hydrogens (tertiary/aromatic N) is 2. The molecule has 7 heteroatoms. The average molecular weight is 392 g/mol. The first-order chi connectivity index (χ1) is 14.0. The van der Waals surface area contributed by atoms with E-state index >= 15 is 0 Å². The Kier molecular flexibility index (Phi) is 6.63. The van der Waals surface area contributed by atoms with Crippen molar-refractivity contribution in [1.29, 1.82) is 0 Å². The number of aromatic nitrogens is 2. The number of benzene rings is 2. The lowest BCUT2D eigenvalue weighted by atomic mass is 10.2. The third kappa shape index (κ3) is 5.68. The van der Waals surface area contributed by atoms with Crippen molar-refractivity contribution in [3.63, 3.8) is 0 Å². The Morgan fingerprint density at radius 3 is 2.38 bits per heavy atom. The van der Waals surface area contributed by atoms with Crippen LogP contribution < -0.4 is 15.4 Å². The Morgan fingerprint density at radius 2 is 1.69 bits per heavy atom. The van der Waals surface area contributed by atoms with Gasteiger partial charge >= 0.3 is 5.97 Å². The van der Waals surface area contributed by atoms with Gasteiger partial charge < -0.3 is 20.1 Å². The number of rotatable bonds is 8. The highest BCUT2D eigenvalue weighted by atomic mass is 16.5. The Bertz CT molecular complexity index is 958. The molecule has 0 spiro atoms. The van der Waals surface area contributed by atoms with E-state index in [1.165, 1.54) is 6.33 Å². The van der Waals surface area contributed by atoms with Gasteiger partial charge in [0.05, 0.1) is 24.0 Å². The molecular formula is C22H24N4O3. The molecule has 0 saturated carbocycles. The quantitative estimate of drug-likeness (QED) is 0.526. The molecule has 1 aromatic heterocycles. The van der Waals surface area contributed by atoms with E-state index in [0.717, 1.165) is 17.1 Å². The van der Waals surface area contributed by atoms with Gasteiger partial charge in [0, 0.05) is 11.8 Å². The number of anilines is 4. The fourth-order valence-electron chi connectivity index (χ4n) is 2.61. The molecule has 0 aliphatic carbocycles. The van der Waals surface area contributed by atoms with Crippen LogP contribution in [0.15, 0.2) is 60.9 Å². The number of carbonyl (C=O) groups excluding carboxylic acids is 1. The van der Waals surface area contributed by atoms with Crippen molar-refractivity contribution >= 4 is 29.0 Å². The van der Waals surface area contributed by atoms with Crippen LogP contribution in [0.25, 0.3) is 0 Å². The molecule has 29 heavy (non-hydrogen) atoms. The first-order valence-electron chi connectivity index (χ1n) is 9.44. The number of esters is 1. The van der Waals surface area contributed by atoms with Crippen molar-refractivity contribution in [2.75, 3.05) is 17.2 Å². The molecule has 1 heterocycles. The lowest BCUT2D eigenvalue weighted by Gasteiger charge is -2.15. The second kappa shape index (κ2) is 9.54. The van der Waals surface area contributed by atoms with Crippen LogP contribution in [0.2, 0.25) is 0 Å². The summed E-state index contributed by atoms with van der Waals surface area (Å²) in [6, 6.07) is 16.5. The van der Waals surface area contributed by atoms with Gasteiger partial charge in [0.25, 0.3) is 0 Å². The SMILES string of the molecule is CCOC(=O)c1ccc(Nc2cc(Nc3ccccc3OC(C)C)ncn2)cc1. The molecule has 3 rings (SSSR count). The molecule has 0 fully saturated rings. The van der Waals surface area contributed by atoms with Crippen molar-refractivity contribution < 1.29 is 14.3 Å². The van der Waals surface area contributed by atoms with E-state index in [9.17, 15) is 4.79 Å². The summed E-state index contributed by atoms with van der Waals surface area (Å²) in [5.41, 5.74) is 2.13. The summed E-state index contributed by atoms with van der Waals surface area (Å²) in [6.07, 6.45) is 1.54. The molecule has 3 aromatic rings. The van der Waals surface area contributed by atoms with Crippen LogP contribution in [0.4, 0.5) is 23.0 Å². The van der Waals surface area contributed by atoms with Gasteiger partial charge in [-0.05, 0) is 57.2 Å². The fraction of sp³-hybridized carbons (Fsp3) is 0.227. The minimum atomic E-state index is -0.338. The molecule has 0 aliphatic heterocycles. The van der Waals surface area contributed by atoms with Gasteiger partial charge in [-0.25, -0.2) is 14.8 Å². The molecule has 0 bridgehead atoms. The predicted molar refractivity (Wildman–Crippen MR) is 113 cm³/mol. The van der Waals surface area contributed by atoms with Crippen molar-refractivity contribution in [1.82, 2.24) is 9.97 Å². The maximum atomic E-state index is 11.7. The van der Waals surface area contributed by atoms with Crippen molar-refractivity contribution in [2.45, 2.75) is 26.9 Å². The highest BCUT2D eigenvalue weighted by molar-refractivity contribution is 5.89. The van der Waals surface area contributed by atoms with Crippen LogP contribution in [0.3, 0.4) is 0 Å². The van der Waals surface area contributed by atoms with Crippen LogP contribution >= 0.6 is 0 Å². The Morgan fingerprint density at radius 1 is 1.00 bits per heavy atom. The van der Waals surface area contributed by atoms with Crippen LogP contribution in [0, 0.1) is 0 Å². The van der Waals surface area contributed by atoms with E-state index in [2.05, 4.69) is 20.6 Å². The Labute approximate surface area is 170 Å². The van der Waals surface area contributed by atoms with Crippen LogP contribution in [0.5, 0.6) is 5.75 Å². The zero-order valence-corrected chi connectivity index (χ0v) is 16.7. The van der Waals surface area contributed by atoms with Crippen molar-refractivity contribution in [3.05, 3.63) is 66.5 Å². The van der Waals surface area contributed by atoms with Gasteiger partial charge in [0.1, 0.15) is 23.7 Å². The van der Waals surface area contributed by atoms with Gasteiger partial charge in [-0.1, -0.05) is 12.1 Å². The van der Waals surface area contributed by atoms with Crippen LogP contribution in [0.1, 0.15) is 31.1 Å². The summed E-state index contributed by atoms with van der Waals surface area (Å²) >= 11 is 0. The first-order valence-corrected chi connectivity index (χ1v) is 9.44. The highest BCUT2D eigenvalue weighted by Gasteiger charge is 2.08. The maximum Gasteiger partial charge on any atom is 0.338 e. The van der Waals surface area contributed by atoms with E-state index in [0.29, 0.717) is 23.8 Å². The summed E-state index contributed by atoms with van der Waals surface area (Å²) in [7, 11) is 0. The van der Waals surface area contributed by atoms with Crippen LogP contribution in [-0.2, 0) is 4.74 Å². The number of para-hydroxylation sites is 2. The van der Waals surface area contributed by atoms with Crippen molar-refractivity contribution in [3.8, 4) is 5.75 Å². The standard InChI is InChI=1S/C22H24N4O3/c1-4-28-22(27)16-9-11-17(12-10-16)25-20-13-21(24-14-23-20)26-18-7-5-6-8-19(18)29-15(2)3/h5-15H,4H2,1-3H3,(H2,23,24,25,26). The lowest BCUT2D eigenvalue weighted by molar-refractivity contribution is 0.0526. The van der Waals surface area contributed by atoms with E-state index in [-0.39, 0.29) is 12.1 Å². The van der Waals surface area contributed by atoms with E-state index in [1.807, 2.05) is 38.1 Å². The molecule has 2 N–H and O–H groups in total. The molecule has 0 unspecified atom stereocenters. The highest BCUT2D eigenvalue weighted by Crippen LogP contribution is 2.28. The normalized spacial score (nSPS) is 10.5. The summed E-state index contributed by atoms with van der Waals surface area (Å²) in [6.45, 7) is 6.09. The fourth-order valence-corrected chi connectivity index (χ4v) is 2.61. The van der Waals surface area contributed by atoms with E-state index in [4.69, 9.17) is 9.47 Å². The van der Waals surface area contributed by atoms with Gasteiger partial charge in [-0.15, -0.1) is 0 Å². The van der Waals surface area contributed by atoms with Gasteiger partial charge in [-0.3, -0.25) is 0 Å². The zero-order valence-electron chi connectivity index (χ0n) is 16.7. The predicted octanol–water partition coefficient (Wildman–Crippen LogP) is 4.93. The third-order valence-electron chi connectivity index (χ3n) is 3.85. The average Bonchev–Trinajstić information content (AvgIpc) is 2.70. The molecule has 0 aliphatic rings. The minimum absolute atomic E-state index is 0.0677. The molecule has 0 radical (unpaired) electrons. The van der Waals surface area contributed by atoms with Crippen molar-refractivity contribution in [2.24, 2.45) is 0 Å². The molecule has 0 amide bonds. The second-order valence-corrected chi connectivity index (χ2v) is 6.50. The van der Waals surface area contributed by atoms with E-state index < -0.39 is 0 Å². The van der Waals surface area contributed by atoms with Gasteiger partial charge in [-0.2, -0.15) is 0 Å². The minimum Gasteiger partial charge on any atom is -0.489 e. The number of nitrogens with one attached hydrogen (secondary N) is 2. The topological polar surface area (TPSA) is 85.4 Å². The largest absolute Gasteiger partial charge is 0.489 e. The number of hydrogen-bond donors (Lipinski definition) is 2. The Balaban J connectivity index is 1.71. The summed E-state index contributed by atoms with van der Waals surface area (Å²) in [4.78, 5) is 20.3. The summed E-state index contributed by atoms with van der Waals surface area (Å²) in [5, 5.41) is 6.47. The number of ether oxygens (including phenoxy) is 2. The molecule has 0 saturated heterocycles. The molecule has 2 aromatic carbocycles. The smallest absolute Gasteiger partial charge is 0.338 e. The molecule has 0 atom stereocenters. The maximum absolute atomic E-state index is 11.7. The summed E-state index contributed by atoms with van der Waals surface area (Å²) < 4.78 is 10.8. The number of carbonyl (C=O) groups is 1. The molecular weight excluding hydrogens is 368 g/mol. The monoisotopic (exact) mass is 392 g/mol. The van der Waals surface area contributed by atoms with Crippen LogP contribution in [-0.4, -0.2) is 28.6 Å². The molecule has 7 nitrogen and oxygen atoms in total. The van der Waals surface area contributed by atoms with E-state index in [1.54, 1.807) is 37.3 Å². The van der Waals surface area contributed by atoms with Gasteiger partial charge in [0.2, 0.25) is 0 Å². The lowest BCUT2D eigenvalue weighted by Crippen LogP contribution is -2.07. The Hall–Kier alpha value is -3.61. The van der Waals surface area contributed by atoms with Gasteiger partial charge in [0.15, 0.2) is 0 Å². The number of hydrogen-bond acceptors (Lipinski definition) is 7. The molecule has 150 valence electrons. The first kappa shape index (κ1) is 20.1. The summed E-state index contributed by atoms with van der Waals surface area (Å²) in [5.74, 6) is 1.67. The third-order valence-corrected chi connectivity index (χ3v) is 3.85. The zero-order chi connectivity index (χ0) is 20.6. The second-order valence-electron chi connectivity index (χ2n) is 6.50.